The van der Waals surface area contributed by atoms with Crippen LogP contribution in [0, 0.1) is 5.92 Å². The predicted octanol–water partition coefficient (Wildman–Crippen LogP) is 1.21. The summed E-state index contributed by atoms with van der Waals surface area (Å²) in [6, 6.07) is 0.816. The summed E-state index contributed by atoms with van der Waals surface area (Å²) in [6.07, 6.45) is 1.13. The second-order valence-electron chi connectivity index (χ2n) is 4.99. The van der Waals surface area contributed by atoms with Gasteiger partial charge in [0.2, 0.25) is 0 Å². The Kier molecular flexibility index (Phi) is 5.09. The molecule has 0 unspecified atom stereocenters. The van der Waals surface area contributed by atoms with Gasteiger partial charge in [0.05, 0.1) is 5.69 Å². The number of aliphatic carboxylic acids is 1. The lowest BCUT2D eigenvalue weighted by atomic mass is 10.0. The van der Waals surface area contributed by atoms with E-state index < -0.39 is 17.9 Å². The number of carbonyl (C=O) groups is 2. The van der Waals surface area contributed by atoms with E-state index in [4.69, 9.17) is 5.11 Å². The molecule has 6 nitrogen and oxygen atoms in total. The Morgan fingerprint density at radius 1 is 1.47 bits per heavy atom. The van der Waals surface area contributed by atoms with Gasteiger partial charge in [-0.2, -0.15) is 5.10 Å². The molecule has 1 amide bonds. The van der Waals surface area contributed by atoms with Crippen molar-refractivity contribution in [1.29, 1.82) is 0 Å². The van der Waals surface area contributed by atoms with E-state index in [0.29, 0.717) is 12.1 Å². The summed E-state index contributed by atoms with van der Waals surface area (Å²) >= 11 is 0. The SMILES string of the molecule is CCc1cc(C(=O)N[C@H](CC(C)C)C(=O)O)n(C)n1. The quantitative estimate of drug-likeness (QED) is 0.811. The largest absolute Gasteiger partial charge is 0.480 e. The van der Waals surface area contributed by atoms with Crippen LogP contribution in [0.15, 0.2) is 6.07 Å². The summed E-state index contributed by atoms with van der Waals surface area (Å²) in [4.78, 5) is 23.2. The number of hydrogen-bond acceptors (Lipinski definition) is 3. The third-order valence-corrected chi connectivity index (χ3v) is 2.84. The van der Waals surface area contributed by atoms with E-state index in [1.54, 1.807) is 13.1 Å². The molecule has 0 aromatic carbocycles. The number of aromatic nitrogens is 2. The standard InChI is InChI=1S/C13H21N3O3/c1-5-9-7-11(16(4)15-9)12(17)14-10(13(18)19)6-8(2)3/h7-8,10H,5-6H2,1-4H3,(H,14,17)(H,18,19)/t10-/m1/s1. The van der Waals surface area contributed by atoms with E-state index in [-0.39, 0.29) is 5.92 Å². The van der Waals surface area contributed by atoms with E-state index in [0.717, 1.165) is 12.1 Å². The molecule has 0 radical (unpaired) electrons. The molecule has 0 aliphatic carbocycles. The monoisotopic (exact) mass is 267 g/mol. The molecule has 1 atom stereocenters. The highest BCUT2D eigenvalue weighted by atomic mass is 16.4. The number of aryl methyl sites for hydroxylation is 2. The van der Waals surface area contributed by atoms with E-state index >= 15 is 0 Å². The van der Waals surface area contributed by atoms with E-state index in [2.05, 4.69) is 10.4 Å². The van der Waals surface area contributed by atoms with Crippen molar-refractivity contribution >= 4 is 11.9 Å². The lowest BCUT2D eigenvalue weighted by Crippen LogP contribution is -2.42. The van der Waals surface area contributed by atoms with Gasteiger partial charge in [0.25, 0.3) is 5.91 Å². The van der Waals surface area contributed by atoms with Gasteiger partial charge in [0.15, 0.2) is 0 Å². The fraction of sp³-hybridized carbons (Fsp3) is 0.615. The number of nitrogens with zero attached hydrogens (tertiary/aromatic N) is 2. The lowest BCUT2D eigenvalue weighted by Gasteiger charge is -2.16. The molecular weight excluding hydrogens is 246 g/mol. The van der Waals surface area contributed by atoms with Crippen molar-refractivity contribution < 1.29 is 14.7 Å². The Hall–Kier alpha value is -1.85. The third-order valence-electron chi connectivity index (χ3n) is 2.84. The van der Waals surface area contributed by atoms with Crippen molar-refractivity contribution in [3.05, 3.63) is 17.5 Å². The van der Waals surface area contributed by atoms with Gasteiger partial charge >= 0.3 is 5.97 Å². The minimum atomic E-state index is -1.01. The molecule has 0 aliphatic rings. The van der Waals surface area contributed by atoms with E-state index in [9.17, 15) is 9.59 Å². The first kappa shape index (κ1) is 15.2. The Labute approximate surface area is 112 Å². The zero-order chi connectivity index (χ0) is 14.6. The van der Waals surface area contributed by atoms with Crippen LogP contribution in [0.25, 0.3) is 0 Å². The maximum atomic E-state index is 12.1. The van der Waals surface area contributed by atoms with Gasteiger partial charge in [0, 0.05) is 7.05 Å². The molecule has 0 spiro atoms. The average Bonchev–Trinajstić information content (AvgIpc) is 2.69. The number of carboxylic acid groups (broad SMARTS) is 1. The second-order valence-corrected chi connectivity index (χ2v) is 4.99. The van der Waals surface area contributed by atoms with Gasteiger partial charge < -0.3 is 10.4 Å². The Morgan fingerprint density at radius 3 is 2.53 bits per heavy atom. The third kappa shape index (κ3) is 4.08. The van der Waals surface area contributed by atoms with E-state index in [1.165, 1.54) is 4.68 Å². The number of nitrogens with one attached hydrogen (secondary N) is 1. The average molecular weight is 267 g/mol. The zero-order valence-corrected chi connectivity index (χ0v) is 11.8. The molecule has 1 rings (SSSR count). The first-order chi connectivity index (χ1) is 8.85. The first-order valence-corrected chi connectivity index (χ1v) is 6.41. The molecule has 19 heavy (non-hydrogen) atoms. The molecular formula is C13H21N3O3. The lowest BCUT2D eigenvalue weighted by molar-refractivity contribution is -0.139. The van der Waals surface area contributed by atoms with Crippen molar-refractivity contribution in [3.63, 3.8) is 0 Å². The minimum Gasteiger partial charge on any atom is -0.480 e. The molecule has 0 bridgehead atoms. The van der Waals surface area contributed by atoms with Crippen LogP contribution in [0.2, 0.25) is 0 Å². The van der Waals surface area contributed by atoms with Crippen LogP contribution in [0.3, 0.4) is 0 Å². The maximum absolute atomic E-state index is 12.1. The maximum Gasteiger partial charge on any atom is 0.326 e. The van der Waals surface area contributed by atoms with Gasteiger partial charge in [-0.1, -0.05) is 20.8 Å². The highest BCUT2D eigenvalue weighted by molar-refractivity contribution is 5.95. The highest BCUT2D eigenvalue weighted by Gasteiger charge is 2.23. The topological polar surface area (TPSA) is 84.2 Å². The van der Waals surface area contributed by atoms with Gasteiger partial charge in [-0.3, -0.25) is 9.48 Å². The fourth-order valence-corrected chi connectivity index (χ4v) is 1.84. The molecule has 1 aromatic heterocycles. The van der Waals surface area contributed by atoms with Crippen molar-refractivity contribution in [2.75, 3.05) is 0 Å². The molecule has 6 heteroatoms. The molecule has 1 aromatic rings. The van der Waals surface area contributed by atoms with Gasteiger partial charge in [-0.05, 0) is 24.8 Å². The number of hydrogen-bond donors (Lipinski definition) is 2. The molecule has 0 saturated heterocycles. The van der Waals surface area contributed by atoms with E-state index in [1.807, 2.05) is 20.8 Å². The summed E-state index contributed by atoms with van der Waals surface area (Å²) < 4.78 is 1.47. The minimum absolute atomic E-state index is 0.194. The summed E-state index contributed by atoms with van der Waals surface area (Å²) in [5, 5.41) is 15.8. The zero-order valence-electron chi connectivity index (χ0n) is 11.8. The molecule has 1 heterocycles. The summed E-state index contributed by atoms with van der Waals surface area (Å²) in [7, 11) is 1.67. The fourth-order valence-electron chi connectivity index (χ4n) is 1.84. The van der Waals surface area contributed by atoms with Gasteiger partial charge in [-0.25, -0.2) is 4.79 Å². The Bertz CT molecular complexity index is 466. The highest BCUT2D eigenvalue weighted by Crippen LogP contribution is 2.08. The van der Waals surface area contributed by atoms with Crippen molar-refractivity contribution in [2.24, 2.45) is 13.0 Å². The van der Waals surface area contributed by atoms with Crippen LogP contribution < -0.4 is 5.32 Å². The predicted molar refractivity (Wildman–Crippen MR) is 70.9 cm³/mol. The van der Waals surface area contributed by atoms with Crippen LogP contribution >= 0.6 is 0 Å². The number of carbonyl (C=O) groups excluding carboxylic acids is 1. The molecule has 2 N–H and O–H groups in total. The molecule has 106 valence electrons. The smallest absolute Gasteiger partial charge is 0.326 e. The van der Waals surface area contributed by atoms with Crippen LogP contribution in [0.1, 0.15) is 43.4 Å². The van der Waals surface area contributed by atoms with Crippen LogP contribution in [0.5, 0.6) is 0 Å². The van der Waals surface area contributed by atoms with Crippen LogP contribution in [-0.4, -0.2) is 32.8 Å². The normalized spacial score (nSPS) is 12.5. The van der Waals surface area contributed by atoms with Crippen LogP contribution in [-0.2, 0) is 18.3 Å². The summed E-state index contributed by atoms with van der Waals surface area (Å²) in [5.74, 6) is -1.22. The molecule has 0 fully saturated rings. The number of amides is 1. The summed E-state index contributed by atoms with van der Waals surface area (Å²) in [6.45, 7) is 5.78. The van der Waals surface area contributed by atoms with Crippen molar-refractivity contribution in [2.45, 2.75) is 39.7 Å². The number of rotatable bonds is 6. The van der Waals surface area contributed by atoms with Crippen LogP contribution in [0.4, 0.5) is 0 Å². The molecule has 0 aliphatic heterocycles. The second kappa shape index (κ2) is 6.36. The Balaban J connectivity index is 2.81. The summed E-state index contributed by atoms with van der Waals surface area (Å²) in [5.41, 5.74) is 1.19. The first-order valence-electron chi connectivity index (χ1n) is 6.41. The van der Waals surface area contributed by atoms with Gasteiger partial charge in [0.1, 0.15) is 11.7 Å². The molecule has 0 saturated carbocycles. The Morgan fingerprint density at radius 2 is 2.11 bits per heavy atom. The van der Waals surface area contributed by atoms with Crippen molar-refractivity contribution in [3.8, 4) is 0 Å². The number of carboxylic acids is 1. The van der Waals surface area contributed by atoms with Gasteiger partial charge in [-0.15, -0.1) is 0 Å². The van der Waals surface area contributed by atoms with Crippen molar-refractivity contribution in [1.82, 2.24) is 15.1 Å².